The molecule has 1 aromatic heterocycles. The van der Waals surface area contributed by atoms with Crippen LogP contribution in [0.3, 0.4) is 0 Å². The number of para-hydroxylation sites is 1. The van der Waals surface area contributed by atoms with Gasteiger partial charge < -0.3 is 15.1 Å². The van der Waals surface area contributed by atoms with E-state index in [1.807, 2.05) is 51.1 Å². The van der Waals surface area contributed by atoms with Gasteiger partial charge >= 0.3 is 0 Å². The van der Waals surface area contributed by atoms with Crippen LogP contribution in [0.15, 0.2) is 42.6 Å². The third-order valence-corrected chi connectivity index (χ3v) is 6.50. The number of nitriles is 1. The highest BCUT2D eigenvalue weighted by atomic mass is 16.2. The Bertz CT molecular complexity index is 1180. The van der Waals surface area contributed by atoms with Crippen molar-refractivity contribution >= 4 is 23.4 Å². The van der Waals surface area contributed by atoms with Gasteiger partial charge in [-0.3, -0.25) is 19.4 Å². The summed E-state index contributed by atoms with van der Waals surface area (Å²) in [6.45, 7) is 6.35. The maximum absolute atomic E-state index is 13.8. The molecule has 2 aliphatic heterocycles. The number of aromatic nitrogens is 1. The van der Waals surface area contributed by atoms with Gasteiger partial charge in [0.1, 0.15) is 17.8 Å². The minimum absolute atomic E-state index is 0.176. The van der Waals surface area contributed by atoms with Crippen LogP contribution >= 0.6 is 0 Å². The van der Waals surface area contributed by atoms with E-state index >= 15 is 0 Å². The van der Waals surface area contributed by atoms with Gasteiger partial charge in [-0.05, 0) is 36.0 Å². The monoisotopic (exact) mass is 459 g/mol. The van der Waals surface area contributed by atoms with Crippen molar-refractivity contribution in [3.63, 3.8) is 0 Å². The van der Waals surface area contributed by atoms with Gasteiger partial charge in [0.2, 0.25) is 11.8 Å². The van der Waals surface area contributed by atoms with E-state index in [1.54, 1.807) is 24.2 Å². The van der Waals surface area contributed by atoms with Crippen LogP contribution < -0.4 is 5.32 Å². The number of benzene rings is 1. The third kappa shape index (κ3) is 4.38. The molecule has 3 amide bonds. The Morgan fingerprint density at radius 1 is 1.26 bits per heavy atom. The van der Waals surface area contributed by atoms with Gasteiger partial charge in [0.15, 0.2) is 0 Å². The van der Waals surface area contributed by atoms with Crippen LogP contribution in [0, 0.1) is 16.7 Å². The lowest BCUT2D eigenvalue weighted by molar-refractivity contribution is -0.137. The first-order valence-electron chi connectivity index (χ1n) is 11.4. The molecule has 176 valence electrons. The summed E-state index contributed by atoms with van der Waals surface area (Å²) in [5, 5.41) is 12.8. The fraction of sp³-hybridized carbons (Fsp3) is 0.423. The molecule has 0 fully saturated rings. The van der Waals surface area contributed by atoms with Crippen molar-refractivity contribution in [2.75, 3.05) is 12.4 Å². The van der Waals surface area contributed by atoms with Gasteiger partial charge in [0, 0.05) is 31.0 Å². The van der Waals surface area contributed by atoms with Crippen molar-refractivity contribution in [3.8, 4) is 6.07 Å². The van der Waals surface area contributed by atoms with Crippen LogP contribution in [-0.2, 0) is 16.1 Å². The molecule has 8 heteroatoms. The maximum atomic E-state index is 13.8. The normalized spacial score (nSPS) is 18.6. The number of anilines is 1. The first-order valence-corrected chi connectivity index (χ1v) is 11.4. The number of nitrogens with zero attached hydrogens (tertiary/aromatic N) is 4. The van der Waals surface area contributed by atoms with E-state index in [-0.39, 0.29) is 29.6 Å². The second kappa shape index (κ2) is 8.90. The van der Waals surface area contributed by atoms with Crippen molar-refractivity contribution < 1.29 is 14.4 Å². The number of amides is 3. The fourth-order valence-electron chi connectivity index (χ4n) is 4.73. The molecule has 0 saturated carbocycles. The molecule has 4 rings (SSSR count). The summed E-state index contributed by atoms with van der Waals surface area (Å²) in [7, 11) is 1.58. The second-order valence-electron chi connectivity index (χ2n) is 10.2. The molecule has 0 bridgehead atoms. The Labute approximate surface area is 199 Å². The van der Waals surface area contributed by atoms with E-state index in [0.29, 0.717) is 18.7 Å². The third-order valence-electron chi connectivity index (χ3n) is 6.50. The van der Waals surface area contributed by atoms with E-state index < -0.39 is 18.0 Å². The van der Waals surface area contributed by atoms with Gasteiger partial charge in [0.05, 0.1) is 12.0 Å². The Balaban J connectivity index is 1.58. The number of nitrogens with one attached hydrogen (secondary N) is 1. The molecule has 0 unspecified atom stereocenters. The van der Waals surface area contributed by atoms with Gasteiger partial charge in [-0.2, -0.15) is 5.26 Å². The first-order chi connectivity index (χ1) is 16.1. The SMILES string of the molecule is CN(C(=O)[C@H](CC(C)(C)C)N1Cc2cccnc2C1=O)[C@H](C#N)C[C@H]1C(=O)Nc2ccccc21. The topological polar surface area (TPSA) is 106 Å². The number of hydrogen-bond acceptors (Lipinski definition) is 5. The quantitative estimate of drug-likeness (QED) is 0.713. The highest BCUT2D eigenvalue weighted by molar-refractivity contribution is 6.03. The maximum Gasteiger partial charge on any atom is 0.273 e. The van der Waals surface area contributed by atoms with Gasteiger partial charge in [-0.25, -0.2) is 0 Å². The average Bonchev–Trinajstić information content (AvgIpc) is 3.30. The molecule has 0 aliphatic carbocycles. The zero-order chi connectivity index (χ0) is 24.6. The molecule has 2 aliphatic rings. The summed E-state index contributed by atoms with van der Waals surface area (Å²) in [5.74, 6) is -1.28. The lowest BCUT2D eigenvalue weighted by Crippen LogP contribution is -2.52. The fourth-order valence-corrected chi connectivity index (χ4v) is 4.73. The van der Waals surface area contributed by atoms with E-state index in [4.69, 9.17) is 0 Å². The highest BCUT2D eigenvalue weighted by Crippen LogP contribution is 2.36. The molecule has 3 heterocycles. The van der Waals surface area contributed by atoms with Crippen LogP contribution in [0.2, 0.25) is 0 Å². The molecule has 1 aromatic carbocycles. The number of hydrogen-bond donors (Lipinski definition) is 1. The Morgan fingerprint density at radius 3 is 2.68 bits per heavy atom. The molecule has 2 aromatic rings. The van der Waals surface area contributed by atoms with E-state index in [9.17, 15) is 19.6 Å². The van der Waals surface area contributed by atoms with Crippen molar-refractivity contribution in [2.24, 2.45) is 5.41 Å². The zero-order valence-electron chi connectivity index (χ0n) is 19.9. The summed E-state index contributed by atoms with van der Waals surface area (Å²) < 4.78 is 0. The molecular weight excluding hydrogens is 430 g/mol. The van der Waals surface area contributed by atoms with Crippen LogP contribution in [-0.4, -0.2) is 51.6 Å². The molecule has 34 heavy (non-hydrogen) atoms. The molecule has 8 nitrogen and oxygen atoms in total. The van der Waals surface area contributed by atoms with Crippen LogP contribution in [0.4, 0.5) is 5.69 Å². The smallest absolute Gasteiger partial charge is 0.273 e. The summed E-state index contributed by atoms with van der Waals surface area (Å²) in [6, 6.07) is 11.6. The van der Waals surface area contributed by atoms with Gasteiger partial charge in [0.25, 0.3) is 5.91 Å². The van der Waals surface area contributed by atoms with Crippen LogP contribution in [0.5, 0.6) is 0 Å². The second-order valence-corrected chi connectivity index (χ2v) is 10.2. The molecule has 0 spiro atoms. The minimum atomic E-state index is -0.824. The Morgan fingerprint density at radius 2 is 2.00 bits per heavy atom. The van der Waals surface area contributed by atoms with E-state index in [2.05, 4.69) is 16.4 Å². The number of carbonyl (C=O) groups excluding carboxylic acids is 3. The summed E-state index contributed by atoms with van der Waals surface area (Å²) in [6.07, 6.45) is 2.18. The summed E-state index contributed by atoms with van der Waals surface area (Å²) in [4.78, 5) is 46.7. The minimum Gasteiger partial charge on any atom is -0.328 e. The highest BCUT2D eigenvalue weighted by Gasteiger charge is 2.42. The standard InChI is InChI=1S/C26H29N5O3/c1-26(2,3)13-21(31-15-16-8-7-11-28-22(16)25(31)34)24(33)30(4)17(14-27)12-19-18-9-5-6-10-20(18)29-23(19)32/h5-11,17,19,21H,12-13,15H2,1-4H3,(H,29,32)/t17-,19+,21-/m0/s1. The van der Waals surface area contributed by atoms with E-state index in [1.165, 1.54) is 4.90 Å². The molecule has 0 saturated heterocycles. The lowest BCUT2D eigenvalue weighted by Gasteiger charge is -2.36. The number of fused-ring (bicyclic) bond motifs is 2. The molecule has 3 atom stereocenters. The molecular formula is C26H29N5O3. The predicted octanol–water partition coefficient (Wildman–Crippen LogP) is 3.32. The van der Waals surface area contributed by atoms with E-state index in [0.717, 1.165) is 16.8 Å². The van der Waals surface area contributed by atoms with Crippen LogP contribution in [0.25, 0.3) is 0 Å². The van der Waals surface area contributed by atoms with Gasteiger partial charge in [-0.1, -0.05) is 45.0 Å². The van der Waals surface area contributed by atoms with Crippen molar-refractivity contribution in [2.45, 2.75) is 58.2 Å². The number of pyridine rings is 1. The largest absolute Gasteiger partial charge is 0.328 e. The number of carbonyl (C=O) groups is 3. The zero-order valence-corrected chi connectivity index (χ0v) is 19.9. The van der Waals surface area contributed by atoms with Gasteiger partial charge in [-0.15, -0.1) is 0 Å². The summed E-state index contributed by atoms with van der Waals surface area (Å²) in [5.41, 5.74) is 2.49. The molecule has 0 radical (unpaired) electrons. The summed E-state index contributed by atoms with van der Waals surface area (Å²) >= 11 is 0. The first kappa shape index (κ1) is 23.4. The van der Waals surface area contributed by atoms with Crippen molar-refractivity contribution in [1.82, 2.24) is 14.8 Å². The van der Waals surface area contributed by atoms with Crippen molar-refractivity contribution in [3.05, 3.63) is 59.4 Å². The number of likely N-dealkylation sites (N-methyl/N-ethyl adjacent to an activating group) is 1. The Kier molecular flexibility index (Phi) is 6.13. The number of rotatable bonds is 6. The van der Waals surface area contributed by atoms with Crippen molar-refractivity contribution in [1.29, 1.82) is 5.26 Å². The Hall–Kier alpha value is -3.73. The average molecular weight is 460 g/mol. The lowest BCUT2D eigenvalue weighted by atomic mass is 9.86. The molecule has 1 N–H and O–H groups in total. The predicted molar refractivity (Wildman–Crippen MR) is 127 cm³/mol. The van der Waals surface area contributed by atoms with Crippen LogP contribution in [0.1, 0.15) is 61.1 Å².